The molecule has 0 bridgehead atoms. The minimum Gasteiger partial charge on any atom is -0.372 e. The van der Waals surface area contributed by atoms with Crippen LogP contribution in [0.2, 0.25) is 0 Å². The van der Waals surface area contributed by atoms with Crippen molar-refractivity contribution in [1.82, 2.24) is 4.31 Å². The van der Waals surface area contributed by atoms with Crippen LogP contribution in [0.15, 0.2) is 92.5 Å². The average molecular weight is 673 g/mol. The van der Waals surface area contributed by atoms with Gasteiger partial charge in [-0.15, -0.1) is 0 Å². The SMILES string of the molecule is N=C(N)N(C(=O)c1ccc(N2CCCCC2)cc1)S(=O)(=O)C(N=C(N)N)C(=O)c1ccc(Sc2ccccc2)c(S(N)(=O)=O)c1. The molecule has 1 amide bonds. The Morgan fingerprint density at radius 2 is 1.47 bits per heavy atom. The van der Waals surface area contributed by atoms with E-state index < -0.39 is 59.5 Å². The van der Waals surface area contributed by atoms with Crippen LogP contribution >= 0.6 is 11.8 Å². The Kier molecular flexibility index (Phi) is 10.2. The van der Waals surface area contributed by atoms with E-state index in [1.807, 2.05) is 0 Å². The number of guanidine groups is 2. The van der Waals surface area contributed by atoms with E-state index in [0.29, 0.717) is 4.90 Å². The molecule has 1 heterocycles. The number of primary sulfonamides is 1. The number of ketones is 1. The molecule has 0 aliphatic carbocycles. The number of carbonyl (C=O) groups excluding carboxylic acids is 2. The molecular formula is C28H32N8O6S3. The summed E-state index contributed by atoms with van der Waals surface area (Å²) in [6.07, 6.45) is 3.16. The zero-order valence-electron chi connectivity index (χ0n) is 23.9. The number of Topliss-reactive ketones (excluding diaryl/α,β-unsaturated/α-hetero) is 1. The minimum absolute atomic E-state index is 0.0713. The number of hydrogen-bond donors (Lipinski definition) is 5. The van der Waals surface area contributed by atoms with Gasteiger partial charge in [0.05, 0.1) is 4.90 Å². The van der Waals surface area contributed by atoms with E-state index in [-0.39, 0.29) is 14.8 Å². The molecule has 0 spiro atoms. The first kappa shape index (κ1) is 33.4. The lowest BCUT2D eigenvalue weighted by Crippen LogP contribution is -2.51. The molecule has 1 saturated heterocycles. The molecule has 0 radical (unpaired) electrons. The molecule has 1 unspecified atom stereocenters. The van der Waals surface area contributed by atoms with Gasteiger partial charge in [-0.2, -0.15) is 4.31 Å². The van der Waals surface area contributed by atoms with Gasteiger partial charge in [-0.05, 0) is 67.8 Å². The Bertz CT molecular complexity index is 1840. The summed E-state index contributed by atoms with van der Waals surface area (Å²) in [5.41, 5.74) is 16.7. The van der Waals surface area contributed by atoms with Gasteiger partial charge in [-0.3, -0.25) is 15.0 Å². The molecule has 0 aromatic heterocycles. The number of amides is 1. The number of nitrogens with one attached hydrogen (secondary N) is 1. The summed E-state index contributed by atoms with van der Waals surface area (Å²) in [6.45, 7) is 1.67. The molecule has 4 rings (SSSR count). The summed E-state index contributed by atoms with van der Waals surface area (Å²) >= 11 is 1.05. The molecule has 17 heteroatoms. The number of anilines is 1. The highest BCUT2D eigenvalue weighted by Crippen LogP contribution is 2.33. The van der Waals surface area contributed by atoms with Crippen molar-refractivity contribution in [1.29, 1.82) is 5.41 Å². The number of benzene rings is 3. The highest BCUT2D eigenvalue weighted by atomic mass is 32.2. The van der Waals surface area contributed by atoms with E-state index in [1.54, 1.807) is 42.5 Å². The second-order valence-electron chi connectivity index (χ2n) is 9.99. The monoisotopic (exact) mass is 672 g/mol. The van der Waals surface area contributed by atoms with Gasteiger partial charge in [0, 0.05) is 39.7 Å². The van der Waals surface area contributed by atoms with Crippen LogP contribution in [0.3, 0.4) is 0 Å². The number of hydrogen-bond acceptors (Lipinski definition) is 10. The third-order valence-electron chi connectivity index (χ3n) is 6.77. The van der Waals surface area contributed by atoms with Crippen LogP contribution in [0, 0.1) is 5.41 Å². The molecule has 1 aliphatic rings. The second-order valence-corrected chi connectivity index (χ2v) is 14.5. The number of rotatable bonds is 10. The Morgan fingerprint density at radius 3 is 2.02 bits per heavy atom. The number of aliphatic imine (C=N–C) groups is 1. The van der Waals surface area contributed by atoms with Gasteiger partial charge in [-0.1, -0.05) is 36.0 Å². The molecule has 3 aromatic carbocycles. The van der Waals surface area contributed by atoms with Crippen molar-refractivity contribution in [3.8, 4) is 0 Å². The van der Waals surface area contributed by atoms with E-state index in [9.17, 15) is 26.4 Å². The fourth-order valence-electron chi connectivity index (χ4n) is 4.67. The topological polar surface area (TPSA) is 249 Å². The quantitative estimate of drug-likeness (QED) is 0.118. The van der Waals surface area contributed by atoms with Crippen LogP contribution in [0.4, 0.5) is 5.69 Å². The number of carbonyl (C=O) groups is 2. The van der Waals surface area contributed by atoms with Crippen LogP contribution in [0.25, 0.3) is 0 Å². The lowest BCUT2D eigenvalue weighted by Gasteiger charge is -2.29. The van der Waals surface area contributed by atoms with Gasteiger partial charge >= 0.3 is 0 Å². The smallest absolute Gasteiger partial charge is 0.275 e. The maximum Gasteiger partial charge on any atom is 0.275 e. The molecule has 1 atom stereocenters. The van der Waals surface area contributed by atoms with E-state index in [0.717, 1.165) is 55.9 Å². The van der Waals surface area contributed by atoms with Crippen molar-refractivity contribution in [2.75, 3.05) is 18.0 Å². The first-order chi connectivity index (χ1) is 21.2. The minimum atomic E-state index is -5.25. The van der Waals surface area contributed by atoms with E-state index in [2.05, 4.69) is 9.89 Å². The first-order valence-corrected chi connectivity index (χ1v) is 17.4. The lowest BCUT2D eigenvalue weighted by molar-refractivity contribution is 0.0910. The van der Waals surface area contributed by atoms with Gasteiger partial charge in [0.25, 0.3) is 15.9 Å². The fourth-order valence-corrected chi connectivity index (χ4v) is 8.10. The van der Waals surface area contributed by atoms with E-state index in [1.165, 1.54) is 24.3 Å². The first-order valence-electron chi connectivity index (χ1n) is 13.5. The van der Waals surface area contributed by atoms with Gasteiger partial charge in [-0.25, -0.2) is 27.0 Å². The predicted molar refractivity (Wildman–Crippen MR) is 172 cm³/mol. The van der Waals surface area contributed by atoms with Gasteiger partial charge in [0.2, 0.25) is 27.1 Å². The van der Waals surface area contributed by atoms with Gasteiger partial charge < -0.3 is 22.1 Å². The van der Waals surface area contributed by atoms with E-state index >= 15 is 0 Å². The van der Waals surface area contributed by atoms with Crippen molar-refractivity contribution < 1.29 is 26.4 Å². The normalized spacial score (nSPS) is 14.3. The van der Waals surface area contributed by atoms with E-state index in [4.69, 9.17) is 27.7 Å². The molecule has 9 N–H and O–H groups in total. The fraction of sp³-hybridized carbons (Fsp3) is 0.214. The summed E-state index contributed by atoms with van der Waals surface area (Å²) < 4.78 is 52.6. The summed E-state index contributed by atoms with van der Waals surface area (Å²) in [6, 6.07) is 18.1. The standard InChI is InChI=1S/C28H32N8O6S3/c29-27(30)34-25(24(37)19-11-14-22(23(17-19)44(33,39)40)43-21-7-3-1-4-8-21)45(41,42)36(28(31)32)26(38)18-9-12-20(13-10-18)35-15-5-2-6-16-35/h1,3-4,7-14,17,25H,2,5-6,15-16H2,(H3,31,32)(H4,29,30,34)(H2,33,39,40). The summed E-state index contributed by atoms with van der Waals surface area (Å²) in [5.74, 6) is -4.58. The number of piperidine rings is 1. The number of sulfonamides is 2. The van der Waals surface area contributed by atoms with Crippen molar-refractivity contribution in [2.45, 2.75) is 39.3 Å². The molecular weight excluding hydrogens is 641 g/mol. The number of nitrogens with two attached hydrogens (primary N) is 4. The highest BCUT2D eigenvalue weighted by molar-refractivity contribution is 8.00. The van der Waals surface area contributed by atoms with Crippen molar-refractivity contribution in [2.24, 2.45) is 27.3 Å². The molecule has 3 aromatic rings. The van der Waals surface area contributed by atoms with Gasteiger partial charge in [0.1, 0.15) is 0 Å². The van der Waals surface area contributed by atoms with Crippen LogP contribution < -0.4 is 27.2 Å². The predicted octanol–water partition coefficient (Wildman–Crippen LogP) is 1.62. The molecule has 0 saturated carbocycles. The van der Waals surface area contributed by atoms with Crippen molar-refractivity contribution >= 4 is 61.1 Å². The molecule has 45 heavy (non-hydrogen) atoms. The largest absolute Gasteiger partial charge is 0.372 e. The third-order valence-corrected chi connectivity index (χ3v) is 10.7. The third kappa shape index (κ3) is 7.80. The van der Waals surface area contributed by atoms with Crippen LogP contribution in [-0.4, -0.2) is 63.2 Å². The van der Waals surface area contributed by atoms with Crippen LogP contribution in [0.5, 0.6) is 0 Å². The summed E-state index contributed by atoms with van der Waals surface area (Å²) in [5, 5.41) is 10.9. The second kappa shape index (κ2) is 13.7. The van der Waals surface area contributed by atoms with Gasteiger partial charge in [0.15, 0.2) is 5.96 Å². The molecule has 1 fully saturated rings. The highest BCUT2D eigenvalue weighted by Gasteiger charge is 2.43. The zero-order chi connectivity index (χ0) is 32.9. The van der Waals surface area contributed by atoms with Crippen LogP contribution in [-0.2, 0) is 20.0 Å². The average Bonchev–Trinajstić information content (AvgIpc) is 3.00. The van der Waals surface area contributed by atoms with Crippen molar-refractivity contribution in [3.05, 3.63) is 83.9 Å². The zero-order valence-corrected chi connectivity index (χ0v) is 26.3. The molecule has 238 valence electrons. The van der Waals surface area contributed by atoms with Crippen molar-refractivity contribution in [3.63, 3.8) is 0 Å². The lowest BCUT2D eigenvalue weighted by atomic mass is 10.1. The Hall–Kier alpha value is -4.45. The Labute approximate surface area is 265 Å². The maximum absolute atomic E-state index is 13.8. The Balaban J connectivity index is 1.71. The number of nitrogens with zero attached hydrogens (tertiary/aromatic N) is 3. The van der Waals surface area contributed by atoms with Crippen LogP contribution in [0.1, 0.15) is 40.0 Å². The maximum atomic E-state index is 13.8. The summed E-state index contributed by atoms with van der Waals surface area (Å²) in [4.78, 5) is 33.2. The molecule has 14 nitrogen and oxygen atoms in total. The Morgan fingerprint density at radius 1 is 0.867 bits per heavy atom. The summed E-state index contributed by atoms with van der Waals surface area (Å²) in [7, 11) is -9.66. The molecule has 1 aliphatic heterocycles.